The predicted octanol–water partition coefficient (Wildman–Crippen LogP) is 10.9. The van der Waals surface area contributed by atoms with Gasteiger partial charge in [-0.25, -0.2) is 48.7 Å². The second kappa shape index (κ2) is 37.2. The summed E-state index contributed by atoms with van der Waals surface area (Å²) in [5.41, 5.74) is 11.7. The normalized spacial score (nSPS) is 17.5. The van der Waals surface area contributed by atoms with Gasteiger partial charge in [0, 0.05) is 66.6 Å². The number of nitrogens with zero attached hydrogens (tertiary/aromatic N) is 5. The molecule has 90 heavy (non-hydrogen) atoms. The molecule has 0 saturated heterocycles. The van der Waals surface area contributed by atoms with Gasteiger partial charge in [0.05, 0.1) is 120 Å². The van der Waals surface area contributed by atoms with E-state index in [4.69, 9.17) is 57.2 Å². The minimum Gasteiger partial charge on any atom is -0.481 e. The number of cyclic esters (lactones) is 5. The maximum Gasteiger partial charge on any atom is 0.340 e. The molecule has 0 aliphatic carbocycles. The fraction of sp³-hybridized carbons (Fsp3) is 0.362. The Morgan fingerprint density at radius 3 is 1.49 bits per heavy atom. The summed E-state index contributed by atoms with van der Waals surface area (Å²) < 4.78 is 55.9. The molecule has 0 fully saturated rings. The number of rotatable bonds is 4. The number of fused-ring (bicyclic) bond motifs is 5. The van der Waals surface area contributed by atoms with Crippen molar-refractivity contribution in [1.29, 1.82) is 5.31 Å². The van der Waals surface area contributed by atoms with E-state index in [1.807, 2.05) is 34.6 Å². The van der Waals surface area contributed by atoms with Crippen molar-refractivity contribution in [2.45, 2.75) is 84.8 Å². The largest absolute Gasteiger partial charge is 0.481 e. The number of nitrogens with one attached hydrogen (secondary N) is 2. The van der Waals surface area contributed by atoms with Gasteiger partial charge >= 0.3 is 60.2 Å². The number of aromatic nitrogens is 6. The molecule has 5 aliphatic heterocycles. The zero-order valence-electron chi connectivity index (χ0n) is 51.7. The molecular formula is C58H65B2Cl4N8O17P. The van der Waals surface area contributed by atoms with E-state index in [0.717, 1.165) is 17.1 Å². The van der Waals surface area contributed by atoms with Gasteiger partial charge in [-0.05, 0) is 88.3 Å². The van der Waals surface area contributed by atoms with Crippen molar-refractivity contribution < 1.29 is 77.4 Å². The van der Waals surface area contributed by atoms with E-state index in [-0.39, 0.29) is 94.1 Å². The second-order valence-corrected chi connectivity index (χ2v) is 26.1. The van der Waals surface area contributed by atoms with Gasteiger partial charge < -0.3 is 48.6 Å². The van der Waals surface area contributed by atoms with Crippen LogP contribution in [0.2, 0.25) is 18.8 Å². The first kappa shape index (κ1) is 74.4. The second-order valence-electron chi connectivity index (χ2n) is 19.0. The van der Waals surface area contributed by atoms with Crippen LogP contribution in [0.1, 0.15) is 174 Å². The smallest absolute Gasteiger partial charge is 0.340 e. The number of methoxy groups -OCH3 is 3. The van der Waals surface area contributed by atoms with Crippen molar-refractivity contribution in [3.63, 3.8) is 0 Å². The Bertz CT molecular complexity index is 3520. The first-order valence-electron chi connectivity index (χ1n) is 27.4. The van der Waals surface area contributed by atoms with Crippen molar-refractivity contribution >= 4 is 113 Å². The summed E-state index contributed by atoms with van der Waals surface area (Å²) in [6.45, 7) is 16.1. The molecule has 25 nitrogen and oxygen atoms in total. The number of Topliss-reactive ketones (excluding diaryl/α,β-unsaturated/α-hetero) is 1. The molecule has 478 valence electrons. The number of nitrogen functional groups attached to an aromatic ring is 1. The van der Waals surface area contributed by atoms with E-state index < -0.39 is 11.2 Å². The maximum absolute atomic E-state index is 11.3. The molecule has 11 heterocycles. The fourth-order valence-corrected chi connectivity index (χ4v) is 8.18. The standard InChI is InChI=1S/C10H11NO4.C10H11NO3.C9H8ClNO2.C9H10N2O2.C9H9NO3.C9H9NO2.CH4BN.CH3B.Cl3OP/c1-6(12)9-7(10(13)15-3)4-5-8(11-9)14-2;1-6-5-14-10(12)7-3-4-8(13-2)11-9(6)7;2*1-5-4-13-9(12)6-2-3-7(10)11-8(5)6;1-5-4-13-9(12)6-2-3-7(11)10-8(5)6;1-6-5-12-9(11)7-3-2-4-10-8(6)7;1-2-3;1-2;1-5(2,3)4/h4-5H,1-3H3;3-4,6H,5H2,1-2H3;2-3,5H,4H2,1H3;2-3,5H,4H2,1H3,(H2,10,11);2-3,5H,4H2,1H3,(H,10,11);2-4,6H,5H2,1H3;3H,1H3;1H3;/i;;;;;4D;;;. The van der Waals surface area contributed by atoms with Crippen LogP contribution < -0.4 is 20.8 Å². The number of aromatic amines is 1. The number of nitrogens with two attached hydrogens (primary N) is 1. The van der Waals surface area contributed by atoms with Crippen LogP contribution in [-0.4, -0.2) is 141 Å². The molecule has 0 aromatic carbocycles. The molecule has 6 aromatic heterocycles. The Morgan fingerprint density at radius 2 is 1.01 bits per heavy atom. The molecule has 5 aliphatic rings. The van der Waals surface area contributed by atoms with Crippen molar-refractivity contribution in [2.75, 3.05) is 60.1 Å². The number of halogens is 4. The van der Waals surface area contributed by atoms with Gasteiger partial charge in [-0.1, -0.05) is 53.0 Å². The van der Waals surface area contributed by atoms with E-state index in [2.05, 4.69) is 76.2 Å². The van der Waals surface area contributed by atoms with E-state index in [0.29, 0.717) is 89.1 Å². The molecule has 11 rings (SSSR count). The van der Waals surface area contributed by atoms with Gasteiger partial charge in [0.25, 0.3) is 0 Å². The summed E-state index contributed by atoms with van der Waals surface area (Å²) in [7, 11) is 9.99. The van der Waals surface area contributed by atoms with E-state index >= 15 is 0 Å². The third-order valence-corrected chi connectivity index (χ3v) is 12.5. The Balaban J connectivity index is 0.000000277. The number of carbonyl (C=O) groups excluding carboxylic acids is 7. The first-order valence-corrected chi connectivity index (χ1v) is 31.7. The molecule has 2 radical (unpaired) electrons. The Kier molecular flexibility index (Phi) is 30.7. The predicted molar refractivity (Wildman–Crippen MR) is 337 cm³/mol. The SMILES string of the molecule is CB=N.CC1COC(=O)c2ccc(=O)[nH]c21.CC1COC(=O)c2ccc(Cl)nc21.CC1COC(=O)c2ccc(N)nc21.COC(=O)c1ccc(OC)nc1C(C)=O.COc1ccc2c(n1)C(C)COC2=O.O=P(Cl)(Cl)Cl.[2H]c1ccc2c(n1)C(C)COC2=O.[B]C. The molecule has 6 aromatic rings. The van der Waals surface area contributed by atoms with Gasteiger partial charge in [0.2, 0.25) is 17.3 Å². The van der Waals surface area contributed by atoms with Gasteiger partial charge in [-0.3, -0.25) is 19.1 Å². The minimum absolute atomic E-state index is 0.0567. The number of ether oxygens (including phenoxy) is 8. The summed E-state index contributed by atoms with van der Waals surface area (Å²) in [5, 5.41) is 3.28. The van der Waals surface area contributed by atoms with Crippen molar-refractivity contribution in [3.05, 3.63) is 162 Å². The summed E-state index contributed by atoms with van der Waals surface area (Å²) in [6.07, 6.45) is 0.195. The van der Waals surface area contributed by atoms with Crippen LogP contribution in [0.5, 0.6) is 11.8 Å². The van der Waals surface area contributed by atoms with Crippen LogP contribution in [0.3, 0.4) is 0 Å². The van der Waals surface area contributed by atoms with Crippen molar-refractivity contribution in [1.82, 2.24) is 29.9 Å². The van der Waals surface area contributed by atoms with E-state index in [1.54, 1.807) is 56.4 Å². The zero-order chi connectivity index (χ0) is 68.4. The Labute approximate surface area is 541 Å². The van der Waals surface area contributed by atoms with Crippen molar-refractivity contribution in [3.8, 4) is 11.8 Å². The molecule has 0 saturated carbocycles. The average molecular weight is 1340 g/mol. The number of carbonyl (C=O) groups is 7. The van der Waals surface area contributed by atoms with Crippen LogP contribution in [0.25, 0.3) is 0 Å². The third kappa shape index (κ3) is 23.1. The number of pyridine rings is 6. The van der Waals surface area contributed by atoms with Crippen LogP contribution in [0, 0.1) is 5.31 Å². The summed E-state index contributed by atoms with van der Waals surface area (Å²) in [4.78, 5) is 113. The molecule has 0 amide bonds. The van der Waals surface area contributed by atoms with Crippen molar-refractivity contribution in [2.24, 2.45) is 0 Å². The number of anilines is 1. The molecule has 0 bridgehead atoms. The number of hydrogen-bond donors (Lipinski definition) is 3. The molecule has 0 spiro atoms. The average Bonchev–Trinajstić information content (AvgIpc) is 1.95. The van der Waals surface area contributed by atoms with Gasteiger partial charge in [0.1, 0.15) is 16.7 Å². The molecule has 5 unspecified atom stereocenters. The van der Waals surface area contributed by atoms with Crippen LogP contribution in [0.15, 0.2) is 83.8 Å². The first-order chi connectivity index (χ1) is 43.0. The Hall–Kier alpha value is -8.09. The number of ketones is 1. The minimum atomic E-state index is -3.22. The quantitative estimate of drug-likeness (QED) is 0.0368. The van der Waals surface area contributed by atoms with E-state index in [1.165, 1.54) is 65.4 Å². The molecule has 5 atom stereocenters. The van der Waals surface area contributed by atoms with Crippen LogP contribution in [-0.2, 0) is 33.0 Å². The summed E-state index contributed by atoms with van der Waals surface area (Å²) in [5.74, 6) is -0.667. The monoisotopic (exact) mass is 1340 g/mol. The zero-order valence-corrected chi connectivity index (χ0v) is 54.6. The Morgan fingerprint density at radius 1 is 0.622 bits per heavy atom. The molecule has 4 N–H and O–H groups in total. The number of H-pyrrole nitrogens is 1. The van der Waals surface area contributed by atoms with Gasteiger partial charge in [0.15, 0.2) is 5.78 Å². The maximum atomic E-state index is 11.3. The summed E-state index contributed by atoms with van der Waals surface area (Å²) in [6, 6.07) is 18.8. The van der Waals surface area contributed by atoms with Gasteiger partial charge in [-0.2, -0.15) is 0 Å². The fourth-order valence-electron chi connectivity index (χ4n) is 8.02. The van der Waals surface area contributed by atoms with Crippen LogP contribution in [0.4, 0.5) is 5.82 Å². The van der Waals surface area contributed by atoms with Gasteiger partial charge in [-0.15, -0.1) is 0 Å². The third-order valence-electron chi connectivity index (χ3n) is 12.3. The topological polar surface area (TPSA) is 358 Å². The number of esters is 6. The molecule has 32 heteroatoms. The molecular weight excluding hydrogens is 1280 g/mol. The van der Waals surface area contributed by atoms with Crippen LogP contribution >= 0.6 is 50.5 Å². The number of hydrogen-bond acceptors (Lipinski definition) is 24. The van der Waals surface area contributed by atoms with E-state index in [9.17, 15) is 42.9 Å². The summed E-state index contributed by atoms with van der Waals surface area (Å²) >= 11 is 19.6.